The first-order chi connectivity index (χ1) is 12.8. The summed E-state index contributed by atoms with van der Waals surface area (Å²) in [5, 5.41) is 6.43. The topological polar surface area (TPSA) is 101 Å². The molecule has 8 heteroatoms. The van der Waals surface area contributed by atoms with Crippen molar-refractivity contribution in [3.8, 4) is 17.0 Å². The molecule has 1 saturated heterocycles. The normalized spacial score (nSPS) is 19.1. The number of aromatic nitrogens is 3. The molecule has 8 nitrogen and oxygen atoms in total. The quantitative estimate of drug-likeness (QED) is 0.633. The first-order valence-corrected chi connectivity index (χ1v) is 8.69. The second-order valence-electron chi connectivity index (χ2n) is 6.40. The summed E-state index contributed by atoms with van der Waals surface area (Å²) in [5.74, 6) is 1.63. The molecule has 0 amide bonds. The van der Waals surface area contributed by atoms with Crippen LogP contribution in [0.3, 0.4) is 0 Å². The van der Waals surface area contributed by atoms with Crippen LogP contribution in [0.1, 0.15) is 0 Å². The number of fused-ring (bicyclic) bond motifs is 2. The van der Waals surface area contributed by atoms with Crippen molar-refractivity contribution in [2.45, 2.75) is 6.35 Å². The molecule has 1 atom stereocenters. The summed E-state index contributed by atoms with van der Waals surface area (Å²) in [7, 11) is 0. The maximum Gasteiger partial charge on any atom is 0.225 e. The predicted octanol–water partition coefficient (Wildman–Crippen LogP) is 1.15. The zero-order valence-corrected chi connectivity index (χ0v) is 14.1. The molecule has 2 aromatic heterocycles. The van der Waals surface area contributed by atoms with E-state index in [2.05, 4.69) is 20.5 Å². The molecule has 2 aliphatic heterocycles. The van der Waals surface area contributed by atoms with Gasteiger partial charge in [-0.15, -0.1) is 0 Å². The van der Waals surface area contributed by atoms with E-state index in [1.54, 1.807) is 0 Å². The summed E-state index contributed by atoms with van der Waals surface area (Å²) in [6, 6.07) is 9.78. The van der Waals surface area contributed by atoms with Crippen LogP contribution in [0.4, 0.5) is 11.5 Å². The molecule has 3 aromatic rings. The van der Waals surface area contributed by atoms with E-state index in [-0.39, 0.29) is 0 Å². The van der Waals surface area contributed by atoms with Crippen molar-refractivity contribution in [2.75, 3.05) is 36.4 Å². The molecule has 1 unspecified atom stereocenters. The van der Waals surface area contributed by atoms with Gasteiger partial charge >= 0.3 is 0 Å². The fourth-order valence-electron chi connectivity index (χ4n) is 3.32. The second kappa shape index (κ2) is 6.08. The molecule has 0 saturated carbocycles. The van der Waals surface area contributed by atoms with E-state index in [1.807, 2.05) is 36.5 Å². The molecule has 1 aromatic carbocycles. The van der Waals surface area contributed by atoms with Crippen LogP contribution in [0.15, 0.2) is 36.5 Å². The molecule has 2 aliphatic rings. The van der Waals surface area contributed by atoms with Crippen LogP contribution in [-0.2, 0) is 0 Å². The zero-order chi connectivity index (χ0) is 17.5. The lowest BCUT2D eigenvalue weighted by atomic mass is 10.1. The van der Waals surface area contributed by atoms with Gasteiger partial charge in [-0.3, -0.25) is 5.73 Å². The molecule has 5 rings (SSSR count). The summed E-state index contributed by atoms with van der Waals surface area (Å²) in [5.41, 5.74) is 9.89. The number of nitrogens with two attached hydrogens (primary N) is 1. The molecule has 4 heterocycles. The lowest BCUT2D eigenvalue weighted by Gasteiger charge is -2.28. The van der Waals surface area contributed by atoms with Crippen LogP contribution in [-0.4, -0.2) is 47.5 Å². The van der Waals surface area contributed by atoms with Crippen LogP contribution < -0.4 is 26.0 Å². The fourth-order valence-corrected chi connectivity index (χ4v) is 3.32. The maximum atomic E-state index is 5.76. The average molecular weight is 349 g/mol. The minimum Gasteiger partial charge on any atom is -0.456 e. The number of pyridine rings is 1. The molecular weight excluding hydrogens is 330 g/mol. The number of hydrogen-bond acceptors (Lipinski definition) is 8. The highest BCUT2D eigenvalue weighted by atomic mass is 16.5. The van der Waals surface area contributed by atoms with E-state index >= 15 is 0 Å². The van der Waals surface area contributed by atoms with E-state index in [0.717, 1.165) is 60.2 Å². The van der Waals surface area contributed by atoms with Gasteiger partial charge < -0.3 is 20.3 Å². The minimum absolute atomic E-state index is 0.503. The largest absolute Gasteiger partial charge is 0.456 e. The Morgan fingerprint density at radius 3 is 2.88 bits per heavy atom. The Balaban J connectivity index is 1.51. The molecule has 132 valence electrons. The number of anilines is 2. The number of benzene rings is 1. The van der Waals surface area contributed by atoms with Crippen molar-refractivity contribution in [2.24, 2.45) is 5.73 Å². The smallest absolute Gasteiger partial charge is 0.225 e. The molecule has 1 fully saturated rings. The third-order valence-electron chi connectivity index (χ3n) is 4.66. The van der Waals surface area contributed by atoms with Gasteiger partial charge in [0.15, 0.2) is 5.65 Å². The lowest BCUT2D eigenvalue weighted by Crippen LogP contribution is -2.43. The van der Waals surface area contributed by atoms with Crippen LogP contribution in [0.5, 0.6) is 5.75 Å². The molecular formula is C18H19N7O. The van der Waals surface area contributed by atoms with Crippen molar-refractivity contribution >= 4 is 22.7 Å². The van der Waals surface area contributed by atoms with Crippen molar-refractivity contribution in [1.82, 2.24) is 20.3 Å². The first-order valence-electron chi connectivity index (χ1n) is 8.69. The number of nitrogens with one attached hydrogen (secondary N) is 2. The molecule has 0 aliphatic carbocycles. The van der Waals surface area contributed by atoms with Crippen LogP contribution in [0.2, 0.25) is 0 Å². The Morgan fingerprint density at radius 2 is 2.00 bits per heavy atom. The van der Waals surface area contributed by atoms with Gasteiger partial charge in [0.1, 0.15) is 17.1 Å². The maximum absolute atomic E-state index is 5.76. The highest BCUT2D eigenvalue weighted by Crippen LogP contribution is 2.34. The summed E-state index contributed by atoms with van der Waals surface area (Å²) < 4.78 is 5.46. The Hall–Kier alpha value is -2.97. The third-order valence-corrected chi connectivity index (χ3v) is 4.66. The predicted molar refractivity (Wildman–Crippen MR) is 100 cm³/mol. The zero-order valence-electron chi connectivity index (χ0n) is 14.1. The van der Waals surface area contributed by atoms with Crippen LogP contribution >= 0.6 is 0 Å². The Bertz CT molecular complexity index is 971. The number of nitrogens with zero attached hydrogens (tertiary/aromatic N) is 4. The summed E-state index contributed by atoms with van der Waals surface area (Å²) in [4.78, 5) is 16.2. The molecule has 0 spiro atoms. The lowest BCUT2D eigenvalue weighted by molar-refractivity contribution is 0.262. The van der Waals surface area contributed by atoms with Crippen molar-refractivity contribution in [3.05, 3.63) is 36.5 Å². The minimum atomic E-state index is -0.503. The van der Waals surface area contributed by atoms with Gasteiger partial charge in [-0.05, 0) is 30.3 Å². The van der Waals surface area contributed by atoms with E-state index in [0.29, 0.717) is 5.65 Å². The van der Waals surface area contributed by atoms with E-state index < -0.39 is 6.35 Å². The van der Waals surface area contributed by atoms with Gasteiger partial charge in [0, 0.05) is 31.7 Å². The number of rotatable bonds is 2. The summed E-state index contributed by atoms with van der Waals surface area (Å²) in [6.07, 6.45) is 1.32. The SMILES string of the molecule is NC1Nc2cc(-c3ccc4ncc(N5CCNCC5)nc4n3)ccc2O1. The van der Waals surface area contributed by atoms with Gasteiger partial charge in [-0.25, -0.2) is 15.0 Å². The molecule has 0 bridgehead atoms. The molecule has 4 N–H and O–H groups in total. The monoisotopic (exact) mass is 349 g/mol. The van der Waals surface area contributed by atoms with Gasteiger partial charge in [-0.2, -0.15) is 0 Å². The van der Waals surface area contributed by atoms with Crippen LogP contribution in [0.25, 0.3) is 22.4 Å². The van der Waals surface area contributed by atoms with Crippen molar-refractivity contribution in [1.29, 1.82) is 0 Å². The standard InChI is InChI=1S/C18H19N7O/c19-18-23-14-9-11(1-4-15(14)26-18)12-2-3-13-17(22-12)24-16(10-21-13)25-7-5-20-6-8-25/h1-4,9-10,18,20,23H,5-8,19H2. The Kier molecular flexibility index (Phi) is 3.58. The fraction of sp³-hybridized carbons (Fsp3) is 0.278. The van der Waals surface area contributed by atoms with Gasteiger partial charge in [-0.1, -0.05) is 0 Å². The first kappa shape index (κ1) is 15.3. The highest BCUT2D eigenvalue weighted by molar-refractivity contribution is 5.78. The van der Waals surface area contributed by atoms with Crippen LogP contribution in [0, 0.1) is 0 Å². The highest BCUT2D eigenvalue weighted by Gasteiger charge is 2.19. The summed E-state index contributed by atoms with van der Waals surface area (Å²) >= 11 is 0. The Labute approximate surface area is 150 Å². The second-order valence-corrected chi connectivity index (χ2v) is 6.40. The van der Waals surface area contributed by atoms with Crippen molar-refractivity contribution in [3.63, 3.8) is 0 Å². The van der Waals surface area contributed by atoms with Gasteiger partial charge in [0.05, 0.1) is 17.6 Å². The Morgan fingerprint density at radius 1 is 1.12 bits per heavy atom. The van der Waals surface area contributed by atoms with E-state index in [9.17, 15) is 0 Å². The molecule has 26 heavy (non-hydrogen) atoms. The van der Waals surface area contributed by atoms with Gasteiger partial charge in [0.25, 0.3) is 0 Å². The summed E-state index contributed by atoms with van der Waals surface area (Å²) in [6.45, 7) is 3.77. The average Bonchev–Trinajstić information content (AvgIpc) is 3.07. The molecule has 0 radical (unpaired) electrons. The number of hydrogen-bond donors (Lipinski definition) is 3. The number of piperazine rings is 1. The van der Waals surface area contributed by atoms with Gasteiger partial charge in [0.2, 0.25) is 6.35 Å². The number of ether oxygens (including phenoxy) is 1. The van der Waals surface area contributed by atoms with Crippen molar-refractivity contribution < 1.29 is 4.74 Å². The van der Waals surface area contributed by atoms with E-state index in [1.165, 1.54) is 0 Å². The third kappa shape index (κ3) is 2.69. The van der Waals surface area contributed by atoms with E-state index in [4.69, 9.17) is 20.4 Å².